The van der Waals surface area contributed by atoms with Crippen LogP contribution in [0.15, 0.2) is 45.3 Å². The molecule has 112 valence electrons. The summed E-state index contributed by atoms with van der Waals surface area (Å²) in [6.07, 6.45) is 1.80. The van der Waals surface area contributed by atoms with Gasteiger partial charge in [-0.3, -0.25) is 0 Å². The second-order valence-corrected chi connectivity index (χ2v) is 6.98. The first-order valence-electron chi connectivity index (χ1n) is 6.66. The van der Waals surface area contributed by atoms with Crippen LogP contribution in [0.5, 0.6) is 11.5 Å². The Labute approximate surface area is 146 Å². The van der Waals surface area contributed by atoms with Crippen molar-refractivity contribution in [3.63, 3.8) is 0 Å². The average Bonchev–Trinajstić information content (AvgIpc) is 2.44. The summed E-state index contributed by atoms with van der Waals surface area (Å²) in [7, 11) is 0. The number of benzene rings is 2. The Morgan fingerprint density at radius 2 is 1.95 bits per heavy atom. The molecule has 0 amide bonds. The zero-order valence-electron chi connectivity index (χ0n) is 11.6. The van der Waals surface area contributed by atoms with Gasteiger partial charge in [-0.05, 0) is 48.7 Å². The number of nitrogens with two attached hydrogens (primary N) is 1. The third kappa shape index (κ3) is 4.71. The van der Waals surface area contributed by atoms with Crippen molar-refractivity contribution in [2.75, 3.05) is 0 Å². The van der Waals surface area contributed by atoms with Gasteiger partial charge in [0.1, 0.15) is 11.5 Å². The number of hydrogen-bond donors (Lipinski definition) is 1. The van der Waals surface area contributed by atoms with Crippen molar-refractivity contribution >= 4 is 43.5 Å². The van der Waals surface area contributed by atoms with Crippen molar-refractivity contribution in [2.24, 2.45) is 5.73 Å². The second-order valence-electron chi connectivity index (χ2n) is 4.80. The van der Waals surface area contributed by atoms with Gasteiger partial charge < -0.3 is 10.5 Å². The van der Waals surface area contributed by atoms with Gasteiger partial charge in [0, 0.05) is 15.0 Å². The molecule has 2 aromatic carbocycles. The average molecular weight is 434 g/mol. The van der Waals surface area contributed by atoms with E-state index >= 15 is 0 Å². The summed E-state index contributed by atoms with van der Waals surface area (Å²) >= 11 is 13.1. The van der Waals surface area contributed by atoms with Crippen LogP contribution in [0.3, 0.4) is 0 Å². The minimum absolute atomic E-state index is 0.175. The van der Waals surface area contributed by atoms with E-state index < -0.39 is 0 Å². The molecule has 0 radical (unpaired) electrons. The fraction of sp³-hybridized carbons (Fsp3) is 0.250. The van der Waals surface area contributed by atoms with E-state index in [9.17, 15) is 0 Å². The first-order chi connectivity index (χ1) is 9.99. The van der Waals surface area contributed by atoms with Gasteiger partial charge in [-0.2, -0.15) is 0 Å². The predicted octanol–water partition coefficient (Wildman–Crippen LogP) is 5.94. The second kappa shape index (κ2) is 7.63. The lowest BCUT2D eigenvalue weighted by molar-refractivity contribution is 0.482. The Morgan fingerprint density at radius 3 is 2.57 bits per heavy atom. The van der Waals surface area contributed by atoms with E-state index in [0.29, 0.717) is 10.8 Å². The minimum atomic E-state index is 0.175. The monoisotopic (exact) mass is 431 g/mol. The number of hydrogen-bond acceptors (Lipinski definition) is 2. The van der Waals surface area contributed by atoms with Crippen LogP contribution in [0.4, 0.5) is 0 Å². The fourth-order valence-electron chi connectivity index (χ4n) is 1.87. The predicted molar refractivity (Wildman–Crippen MR) is 95.3 cm³/mol. The maximum absolute atomic E-state index is 6.15. The quantitative estimate of drug-likeness (QED) is 0.634. The van der Waals surface area contributed by atoms with E-state index in [4.69, 9.17) is 22.1 Å². The summed E-state index contributed by atoms with van der Waals surface area (Å²) < 4.78 is 7.74. The first-order valence-corrected chi connectivity index (χ1v) is 8.63. The highest BCUT2D eigenvalue weighted by Crippen LogP contribution is 2.33. The molecular formula is C16H16Br2ClNO. The molecule has 0 aliphatic carbocycles. The van der Waals surface area contributed by atoms with Crippen LogP contribution in [0.25, 0.3) is 0 Å². The highest BCUT2D eigenvalue weighted by molar-refractivity contribution is 9.10. The van der Waals surface area contributed by atoms with Crippen molar-refractivity contribution in [1.29, 1.82) is 0 Å². The molecule has 5 heteroatoms. The van der Waals surface area contributed by atoms with Crippen LogP contribution in [0, 0.1) is 0 Å². The Balaban J connectivity index is 2.16. The first kappa shape index (κ1) is 16.8. The van der Waals surface area contributed by atoms with E-state index in [1.165, 1.54) is 5.56 Å². The lowest BCUT2D eigenvalue weighted by Crippen LogP contribution is -2.21. The molecule has 2 nitrogen and oxygen atoms in total. The van der Waals surface area contributed by atoms with Gasteiger partial charge in [0.2, 0.25) is 0 Å². The number of rotatable bonds is 5. The third-order valence-electron chi connectivity index (χ3n) is 3.15. The molecule has 2 N–H and O–H groups in total. The zero-order chi connectivity index (χ0) is 15.4. The molecule has 0 saturated carbocycles. The van der Waals surface area contributed by atoms with Gasteiger partial charge >= 0.3 is 0 Å². The van der Waals surface area contributed by atoms with Crippen molar-refractivity contribution in [3.8, 4) is 11.5 Å². The molecule has 0 aliphatic heterocycles. The van der Waals surface area contributed by atoms with Crippen LogP contribution in [-0.2, 0) is 6.42 Å². The van der Waals surface area contributed by atoms with Crippen molar-refractivity contribution in [2.45, 2.75) is 25.8 Å². The Bertz CT molecular complexity index is 634. The van der Waals surface area contributed by atoms with E-state index in [-0.39, 0.29) is 6.04 Å². The summed E-state index contributed by atoms with van der Waals surface area (Å²) in [6, 6.07) is 11.6. The number of halogens is 3. The van der Waals surface area contributed by atoms with E-state index in [2.05, 4.69) is 38.8 Å². The molecule has 1 atom stereocenters. The summed E-state index contributed by atoms with van der Waals surface area (Å²) in [5.41, 5.74) is 7.17. The van der Waals surface area contributed by atoms with Gasteiger partial charge in [0.05, 0.1) is 5.02 Å². The molecule has 21 heavy (non-hydrogen) atoms. The van der Waals surface area contributed by atoms with Crippen LogP contribution in [0.1, 0.15) is 18.9 Å². The molecule has 0 aliphatic rings. The van der Waals surface area contributed by atoms with E-state index in [0.717, 1.165) is 27.5 Å². The SMILES string of the molecule is CCC(N)Cc1ccc(Oc2ccc(Br)cc2Cl)cc1Br. The Kier molecular flexibility index (Phi) is 6.11. The largest absolute Gasteiger partial charge is 0.456 e. The standard InChI is InChI=1S/C16H16Br2ClNO/c1-2-12(20)7-10-3-5-13(9-14(10)18)21-16-6-4-11(17)8-15(16)19/h3-6,8-9,12H,2,7,20H2,1H3. The summed E-state index contributed by atoms with van der Waals surface area (Å²) in [5, 5.41) is 0.567. The van der Waals surface area contributed by atoms with Crippen molar-refractivity contribution in [3.05, 3.63) is 55.9 Å². The topological polar surface area (TPSA) is 35.2 Å². The zero-order valence-corrected chi connectivity index (χ0v) is 15.5. The highest BCUT2D eigenvalue weighted by Gasteiger charge is 2.08. The molecule has 0 fully saturated rings. The minimum Gasteiger partial charge on any atom is -0.456 e. The van der Waals surface area contributed by atoms with E-state index in [1.807, 2.05) is 30.3 Å². The molecule has 0 spiro atoms. The van der Waals surface area contributed by atoms with Crippen LogP contribution in [0.2, 0.25) is 5.02 Å². The van der Waals surface area contributed by atoms with Gasteiger partial charge in [-0.1, -0.05) is 56.5 Å². The Hall–Kier alpha value is -0.550. The summed E-state index contributed by atoms with van der Waals surface area (Å²) in [6.45, 7) is 2.09. The molecule has 2 rings (SSSR count). The van der Waals surface area contributed by atoms with E-state index in [1.54, 1.807) is 6.07 Å². The maximum Gasteiger partial charge on any atom is 0.146 e. The van der Waals surface area contributed by atoms with Crippen molar-refractivity contribution in [1.82, 2.24) is 0 Å². The summed E-state index contributed by atoms with van der Waals surface area (Å²) in [5.74, 6) is 1.37. The fourth-order valence-corrected chi connectivity index (χ4v) is 3.10. The van der Waals surface area contributed by atoms with Crippen LogP contribution >= 0.6 is 43.5 Å². The number of ether oxygens (including phenoxy) is 1. The van der Waals surface area contributed by atoms with Crippen LogP contribution in [-0.4, -0.2) is 6.04 Å². The molecule has 1 unspecified atom stereocenters. The van der Waals surface area contributed by atoms with Gasteiger partial charge in [-0.15, -0.1) is 0 Å². The molecule has 0 heterocycles. The van der Waals surface area contributed by atoms with Gasteiger partial charge in [-0.25, -0.2) is 0 Å². The smallest absolute Gasteiger partial charge is 0.146 e. The lowest BCUT2D eigenvalue weighted by atomic mass is 10.0. The van der Waals surface area contributed by atoms with Crippen molar-refractivity contribution < 1.29 is 4.74 Å². The van der Waals surface area contributed by atoms with Gasteiger partial charge in [0.25, 0.3) is 0 Å². The molecule has 0 aromatic heterocycles. The molecule has 0 saturated heterocycles. The molecule has 2 aromatic rings. The third-order valence-corrected chi connectivity index (χ3v) is 4.68. The highest BCUT2D eigenvalue weighted by atomic mass is 79.9. The van der Waals surface area contributed by atoms with Gasteiger partial charge in [0.15, 0.2) is 0 Å². The van der Waals surface area contributed by atoms with Crippen LogP contribution < -0.4 is 10.5 Å². The normalized spacial score (nSPS) is 12.2. The lowest BCUT2D eigenvalue weighted by Gasteiger charge is -2.13. The maximum atomic E-state index is 6.15. The molecular weight excluding hydrogens is 417 g/mol. The Morgan fingerprint density at radius 1 is 1.19 bits per heavy atom. The molecule has 0 bridgehead atoms. The summed E-state index contributed by atoms with van der Waals surface area (Å²) in [4.78, 5) is 0.